The Morgan fingerprint density at radius 2 is 2.00 bits per heavy atom. The van der Waals surface area contributed by atoms with Gasteiger partial charge in [-0.15, -0.1) is 0 Å². The van der Waals surface area contributed by atoms with E-state index in [-0.39, 0.29) is 11.9 Å². The van der Waals surface area contributed by atoms with Crippen LogP contribution in [0.2, 0.25) is 0 Å². The summed E-state index contributed by atoms with van der Waals surface area (Å²) in [6.07, 6.45) is 11.3. The number of aromatic nitrogens is 1. The summed E-state index contributed by atoms with van der Waals surface area (Å²) >= 11 is 0. The highest BCUT2D eigenvalue weighted by molar-refractivity contribution is 5.80. The van der Waals surface area contributed by atoms with Gasteiger partial charge in [0.2, 0.25) is 0 Å². The standard InChI is InChI=1S/C22H30FN5O/c23-20-9-4-12-24-21(20)28-14-11-18(16-28)27-22(26-17-6-2-1-3-7-17)25-13-10-19-8-5-15-29-19/h4-5,8-9,12,15,17-18H,1-3,6-7,10-11,13-14,16H2,(H2,25,26,27). The molecule has 2 N–H and O–H groups in total. The average molecular weight is 400 g/mol. The number of halogens is 1. The van der Waals surface area contributed by atoms with Crippen LogP contribution in [0.5, 0.6) is 0 Å². The molecule has 2 aliphatic rings. The lowest BCUT2D eigenvalue weighted by Crippen LogP contribution is -2.49. The lowest BCUT2D eigenvalue weighted by molar-refractivity contribution is 0.408. The Kier molecular flexibility index (Phi) is 6.64. The van der Waals surface area contributed by atoms with E-state index >= 15 is 0 Å². The van der Waals surface area contributed by atoms with E-state index in [9.17, 15) is 4.39 Å². The van der Waals surface area contributed by atoms with Crippen molar-refractivity contribution in [1.29, 1.82) is 0 Å². The first kappa shape index (κ1) is 19.7. The second-order valence-corrected chi connectivity index (χ2v) is 7.92. The van der Waals surface area contributed by atoms with Crippen LogP contribution < -0.4 is 15.5 Å². The number of nitrogens with one attached hydrogen (secondary N) is 2. The molecule has 1 unspecified atom stereocenters. The summed E-state index contributed by atoms with van der Waals surface area (Å²) in [5.41, 5.74) is 0. The van der Waals surface area contributed by atoms with Crippen molar-refractivity contribution in [2.24, 2.45) is 4.99 Å². The predicted octanol–water partition coefficient (Wildman–Crippen LogP) is 3.50. The average Bonchev–Trinajstić information content (AvgIpc) is 3.41. The Bertz CT molecular complexity index is 788. The number of anilines is 1. The van der Waals surface area contributed by atoms with Crippen LogP contribution in [0.4, 0.5) is 10.2 Å². The molecular formula is C22H30FN5O. The minimum atomic E-state index is -0.263. The van der Waals surface area contributed by atoms with Crippen molar-refractivity contribution in [2.75, 3.05) is 24.5 Å². The highest BCUT2D eigenvalue weighted by Gasteiger charge is 2.26. The van der Waals surface area contributed by atoms with Crippen LogP contribution in [0, 0.1) is 5.82 Å². The molecule has 3 heterocycles. The molecule has 1 aliphatic heterocycles. The van der Waals surface area contributed by atoms with Crippen molar-refractivity contribution in [1.82, 2.24) is 15.6 Å². The number of pyridine rings is 1. The molecule has 2 aromatic rings. The maximum Gasteiger partial charge on any atom is 0.191 e. The predicted molar refractivity (Wildman–Crippen MR) is 113 cm³/mol. The quantitative estimate of drug-likeness (QED) is 0.575. The van der Waals surface area contributed by atoms with Crippen molar-refractivity contribution in [3.8, 4) is 0 Å². The molecule has 6 nitrogen and oxygen atoms in total. The summed E-state index contributed by atoms with van der Waals surface area (Å²) in [6, 6.07) is 7.67. The Labute approximate surface area is 171 Å². The number of furan rings is 1. The number of hydrogen-bond donors (Lipinski definition) is 2. The molecule has 4 rings (SSSR count). The van der Waals surface area contributed by atoms with Gasteiger partial charge in [-0.05, 0) is 43.5 Å². The first-order valence-corrected chi connectivity index (χ1v) is 10.7. The third-order valence-electron chi connectivity index (χ3n) is 5.72. The third-order valence-corrected chi connectivity index (χ3v) is 5.72. The van der Waals surface area contributed by atoms with Gasteiger partial charge in [0.25, 0.3) is 0 Å². The van der Waals surface area contributed by atoms with E-state index in [2.05, 4.69) is 15.6 Å². The number of aliphatic imine (C=N–C) groups is 1. The van der Waals surface area contributed by atoms with Gasteiger partial charge >= 0.3 is 0 Å². The molecule has 29 heavy (non-hydrogen) atoms. The summed E-state index contributed by atoms with van der Waals surface area (Å²) in [7, 11) is 0. The summed E-state index contributed by atoms with van der Waals surface area (Å²) in [5, 5.41) is 7.21. The van der Waals surface area contributed by atoms with Crippen LogP contribution in [0.25, 0.3) is 0 Å². The first-order valence-electron chi connectivity index (χ1n) is 10.7. The van der Waals surface area contributed by atoms with Gasteiger partial charge in [-0.2, -0.15) is 0 Å². The monoisotopic (exact) mass is 399 g/mol. The van der Waals surface area contributed by atoms with Gasteiger partial charge in [0.1, 0.15) is 5.76 Å². The first-order chi connectivity index (χ1) is 14.3. The van der Waals surface area contributed by atoms with E-state index in [0.29, 0.717) is 18.4 Å². The molecule has 156 valence electrons. The van der Waals surface area contributed by atoms with Gasteiger partial charge in [0, 0.05) is 44.3 Å². The number of guanidine groups is 1. The zero-order chi connectivity index (χ0) is 19.9. The van der Waals surface area contributed by atoms with Crippen molar-refractivity contribution < 1.29 is 8.81 Å². The highest BCUT2D eigenvalue weighted by atomic mass is 19.1. The van der Waals surface area contributed by atoms with Crippen LogP contribution in [0.1, 0.15) is 44.3 Å². The Balaban J connectivity index is 1.37. The molecule has 1 aliphatic carbocycles. The fraction of sp³-hybridized carbons (Fsp3) is 0.545. The van der Waals surface area contributed by atoms with Crippen LogP contribution in [-0.4, -0.2) is 42.7 Å². The lowest BCUT2D eigenvalue weighted by atomic mass is 9.96. The number of hydrogen-bond acceptors (Lipinski definition) is 4. The minimum Gasteiger partial charge on any atom is -0.469 e. The van der Waals surface area contributed by atoms with E-state index < -0.39 is 0 Å². The van der Waals surface area contributed by atoms with Gasteiger partial charge < -0.3 is 20.0 Å². The van der Waals surface area contributed by atoms with Crippen molar-refractivity contribution in [3.63, 3.8) is 0 Å². The van der Waals surface area contributed by atoms with E-state index in [4.69, 9.17) is 9.41 Å². The summed E-state index contributed by atoms with van der Waals surface area (Å²) in [5.74, 6) is 1.98. The van der Waals surface area contributed by atoms with Gasteiger partial charge in [-0.3, -0.25) is 4.99 Å². The summed E-state index contributed by atoms with van der Waals surface area (Å²) in [4.78, 5) is 11.0. The Morgan fingerprint density at radius 1 is 1.14 bits per heavy atom. The molecule has 1 saturated carbocycles. The number of nitrogens with zero attached hydrogens (tertiary/aromatic N) is 3. The van der Waals surface area contributed by atoms with Crippen molar-refractivity contribution in [3.05, 3.63) is 48.3 Å². The van der Waals surface area contributed by atoms with Gasteiger partial charge in [-0.25, -0.2) is 9.37 Å². The van der Waals surface area contributed by atoms with E-state index in [1.54, 1.807) is 18.5 Å². The normalized spacial score (nSPS) is 20.8. The Hall–Kier alpha value is -2.57. The molecule has 0 aromatic carbocycles. The molecule has 0 bridgehead atoms. The SMILES string of the molecule is Fc1cccnc1N1CCC(NC(=NCCc2ccco2)NC2CCCCC2)C1. The van der Waals surface area contributed by atoms with E-state index in [1.165, 1.54) is 38.2 Å². The third kappa shape index (κ3) is 5.49. The summed E-state index contributed by atoms with van der Waals surface area (Å²) in [6.45, 7) is 2.17. The molecule has 1 saturated heterocycles. The van der Waals surface area contributed by atoms with E-state index in [1.807, 2.05) is 17.0 Å². The van der Waals surface area contributed by atoms with Gasteiger partial charge in [0.05, 0.1) is 6.26 Å². The van der Waals surface area contributed by atoms with Crippen LogP contribution in [0.15, 0.2) is 46.1 Å². The molecule has 1 atom stereocenters. The zero-order valence-electron chi connectivity index (χ0n) is 16.8. The molecule has 0 amide bonds. The smallest absolute Gasteiger partial charge is 0.191 e. The topological polar surface area (TPSA) is 65.7 Å². The van der Waals surface area contributed by atoms with E-state index in [0.717, 1.165) is 37.7 Å². The highest BCUT2D eigenvalue weighted by Crippen LogP contribution is 2.21. The van der Waals surface area contributed by atoms with Crippen molar-refractivity contribution in [2.45, 2.75) is 57.0 Å². The fourth-order valence-corrected chi connectivity index (χ4v) is 4.18. The van der Waals surface area contributed by atoms with Crippen molar-refractivity contribution >= 4 is 11.8 Å². The van der Waals surface area contributed by atoms with Gasteiger partial charge in [-0.1, -0.05) is 19.3 Å². The summed E-state index contributed by atoms with van der Waals surface area (Å²) < 4.78 is 19.5. The molecule has 0 radical (unpaired) electrons. The van der Waals surface area contributed by atoms with Crippen LogP contribution in [-0.2, 0) is 6.42 Å². The van der Waals surface area contributed by atoms with Crippen LogP contribution in [0.3, 0.4) is 0 Å². The zero-order valence-corrected chi connectivity index (χ0v) is 16.8. The largest absolute Gasteiger partial charge is 0.469 e. The lowest BCUT2D eigenvalue weighted by Gasteiger charge is -2.26. The second-order valence-electron chi connectivity index (χ2n) is 7.92. The maximum absolute atomic E-state index is 14.1. The maximum atomic E-state index is 14.1. The second kappa shape index (κ2) is 9.76. The number of rotatable bonds is 6. The minimum absolute atomic E-state index is 0.217. The molecule has 7 heteroatoms. The molecular weight excluding hydrogens is 369 g/mol. The molecule has 0 spiro atoms. The molecule has 2 aromatic heterocycles. The van der Waals surface area contributed by atoms with Crippen LogP contribution >= 0.6 is 0 Å². The molecule has 2 fully saturated rings. The fourth-order valence-electron chi connectivity index (χ4n) is 4.18. The Morgan fingerprint density at radius 3 is 2.79 bits per heavy atom. The van der Waals surface area contributed by atoms with Gasteiger partial charge in [0.15, 0.2) is 17.6 Å².